The number of hydrogen-bond acceptors (Lipinski definition) is 5. The zero-order chi connectivity index (χ0) is 25.8. The smallest absolute Gasteiger partial charge is 0.264 e. The van der Waals surface area contributed by atoms with Crippen LogP contribution in [0.5, 0.6) is 11.5 Å². The molecule has 1 atom stereocenters. The van der Waals surface area contributed by atoms with Crippen molar-refractivity contribution in [3.8, 4) is 11.5 Å². The molecule has 0 aromatic heterocycles. The molecule has 0 unspecified atom stereocenters. The molecule has 186 valence electrons. The molecule has 0 heterocycles. The van der Waals surface area contributed by atoms with E-state index in [0.29, 0.717) is 11.4 Å². The maximum Gasteiger partial charge on any atom is 0.264 e. The summed E-state index contributed by atoms with van der Waals surface area (Å²) in [4.78, 5) is 13.1. The van der Waals surface area contributed by atoms with E-state index in [1.165, 1.54) is 32.4 Å². The third-order valence-corrected chi connectivity index (χ3v) is 7.45. The van der Waals surface area contributed by atoms with E-state index in [0.717, 1.165) is 26.6 Å². The maximum absolute atomic E-state index is 13.8. The van der Waals surface area contributed by atoms with Gasteiger partial charge in [-0.3, -0.25) is 9.10 Å². The predicted molar refractivity (Wildman–Crippen MR) is 138 cm³/mol. The topological polar surface area (TPSA) is 84.9 Å². The monoisotopic (exact) mass is 496 g/mol. The van der Waals surface area contributed by atoms with Crippen molar-refractivity contribution in [1.82, 2.24) is 5.32 Å². The second kappa shape index (κ2) is 10.8. The minimum absolute atomic E-state index is 0.00584. The first-order chi connectivity index (χ1) is 16.5. The van der Waals surface area contributed by atoms with Crippen molar-refractivity contribution in [3.63, 3.8) is 0 Å². The number of ether oxygens (including phenoxy) is 2. The Balaban J connectivity index is 1.98. The summed E-state index contributed by atoms with van der Waals surface area (Å²) in [7, 11) is -1.19. The Hall–Kier alpha value is -3.52. The van der Waals surface area contributed by atoms with Crippen molar-refractivity contribution in [2.45, 2.75) is 38.6 Å². The Morgan fingerprint density at radius 1 is 0.857 bits per heavy atom. The number of methoxy groups -OCH3 is 2. The van der Waals surface area contributed by atoms with Crippen molar-refractivity contribution in [1.29, 1.82) is 0 Å². The largest absolute Gasteiger partial charge is 0.493 e. The van der Waals surface area contributed by atoms with Crippen LogP contribution in [0.25, 0.3) is 0 Å². The first-order valence-electron chi connectivity index (χ1n) is 11.2. The summed E-state index contributed by atoms with van der Waals surface area (Å²) in [5, 5.41) is 2.92. The number of nitrogens with one attached hydrogen (secondary N) is 1. The number of rotatable bonds is 9. The molecular weight excluding hydrogens is 464 g/mol. The second-order valence-corrected chi connectivity index (χ2v) is 10.4. The van der Waals surface area contributed by atoms with Gasteiger partial charge in [0.15, 0.2) is 11.5 Å². The van der Waals surface area contributed by atoms with E-state index < -0.39 is 15.9 Å². The molecule has 0 aliphatic heterocycles. The lowest BCUT2D eigenvalue weighted by Crippen LogP contribution is -2.41. The number of carbonyl (C=O) groups excluding carboxylic acids is 1. The molecular formula is C27H32N2O5S. The van der Waals surface area contributed by atoms with Crippen LogP contribution in [0.3, 0.4) is 0 Å². The van der Waals surface area contributed by atoms with Crippen molar-refractivity contribution in [2.75, 3.05) is 25.1 Å². The highest BCUT2D eigenvalue weighted by Gasteiger charge is 2.29. The molecule has 8 heteroatoms. The molecule has 0 saturated carbocycles. The molecule has 0 saturated heterocycles. The molecule has 0 bridgehead atoms. The Bertz CT molecular complexity index is 1280. The van der Waals surface area contributed by atoms with Crippen LogP contribution >= 0.6 is 0 Å². The van der Waals surface area contributed by atoms with E-state index in [9.17, 15) is 13.2 Å². The Labute approximate surface area is 207 Å². The van der Waals surface area contributed by atoms with Crippen LogP contribution in [0.2, 0.25) is 0 Å². The van der Waals surface area contributed by atoms with Gasteiger partial charge < -0.3 is 14.8 Å². The van der Waals surface area contributed by atoms with Crippen LogP contribution in [0.1, 0.15) is 35.2 Å². The minimum Gasteiger partial charge on any atom is -0.493 e. The molecule has 7 nitrogen and oxygen atoms in total. The van der Waals surface area contributed by atoms with Crippen LogP contribution in [0, 0.1) is 20.8 Å². The third kappa shape index (κ3) is 6.14. The first-order valence-corrected chi connectivity index (χ1v) is 12.7. The van der Waals surface area contributed by atoms with Crippen molar-refractivity contribution in [2.24, 2.45) is 0 Å². The summed E-state index contributed by atoms with van der Waals surface area (Å²) in [5.41, 5.74) is 4.25. The quantitative estimate of drug-likeness (QED) is 0.464. The number of benzene rings is 3. The van der Waals surface area contributed by atoms with E-state index in [1.54, 1.807) is 12.1 Å². The van der Waals surface area contributed by atoms with Gasteiger partial charge in [0.05, 0.1) is 30.8 Å². The standard InChI is InChI=1S/C27H32N2O5S/c1-18-7-9-22(10-8-18)21(4)28-27(30)17-29(23-14-19(2)13-20(3)15-23)35(31,32)24-11-12-25(33-5)26(16-24)34-6/h7-16,21H,17H2,1-6H3,(H,28,30)/t21-/m0/s1. The normalized spacial score (nSPS) is 12.1. The summed E-state index contributed by atoms with van der Waals surface area (Å²) >= 11 is 0. The van der Waals surface area contributed by atoms with Gasteiger partial charge in [0.1, 0.15) is 6.54 Å². The van der Waals surface area contributed by atoms with Gasteiger partial charge >= 0.3 is 0 Å². The Morgan fingerprint density at radius 3 is 2.03 bits per heavy atom. The average Bonchev–Trinajstić information content (AvgIpc) is 2.81. The number of aryl methyl sites for hydroxylation is 3. The van der Waals surface area contributed by atoms with Gasteiger partial charge in [-0.15, -0.1) is 0 Å². The van der Waals surface area contributed by atoms with Crippen molar-refractivity contribution in [3.05, 3.63) is 82.9 Å². The fraction of sp³-hybridized carbons (Fsp3) is 0.296. The highest BCUT2D eigenvalue weighted by molar-refractivity contribution is 7.92. The fourth-order valence-electron chi connectivity index (χ4n) is 3.87. The number of amides is 1. The molecule has 0 radical (unpaired) electrons. The second-order valence-electron chi connectivity index (χ2n) is 8.57. The van der Waals surface area contributed by atoms with E-state index in [2.05, 4.69) is 5.32 Å². The molecule has 3 aromatic rings. The zero-order valence-electron chi connectivity index (χ0n) is 21.0. The summed E-state index contributed by atoms with van der Waals surface area (Å²) in [6.45, 7) is 7.25. The van der Waals surface area contributed by atoms with Gasteiger partial charge in [-0.1, -0.05) is 35.9 Å². The van der Waals surface area contributed by atoms with Crippen LogP contribution in [-0.2, 0) is 14.8 Å². The lowest BCUT2D eigenvalue weighted by molar-refractivity contribution is -0.120. The summed E-state index contributed by atoms with van der Waals surface area (Å²) in [5.74, 6) is 0.279. The SMILES string of the molecule is COc1ccc(S(=O)(=O)N(CC(=O)N[C@@H](C)c2ccc(C)cc2)c2cc(C)cc(C)c2)cc1OC. The van der Waals surface area contributed by atoms with Gasteiger partial charge in [0, 0.05) is 6.07 Å². The number of carbonyl (C=O) groups is 1. The summed E-state index contributed by atoms with van der Waals surface area (Å²) in [6, 6.07) is 17.4. The van der Waals surface area contributed by atoms with Crippen LogP contribution in [0.4, 0.5) is 5.69 Å². The number of sulfonamides is 1. The van der Waals surface area contributed by atoms with E-state index in [1.807, 2.05) is 58.0 Å². The highest BCUT2D eigenvalue weighted by Crippen LogP contribution is 2.32. The molecule has 35 heavy (non-hydrogen) atoms. The Kier molecular flexibility index (Phi) is 8.07. The van der Waals surface area contributed by atoms with Gasteiger partial charge in [-0.05, 0) is 68.7 Å². The molecule has 0 spiro atoms. The summed E-state index contributed by atoms with van der Waals surface area (Å²) in [6.07, 6.45) is 0. The van der Waals surface area contributed by atoms with Crippen molar-refractivity contribution < 1.29 is 22.7 Å². The number of hydrogen-bond donors (Lipinski definition) is 1. The van der Waals surface area contributed by atoms with Crippen LogP contribution in [-0.4, -0.2) is 35.1 Å². The molecule has 0 aliphatic carbocycles. The highest BCUT2D eigenvalue weighted by atomic mass is 32.2. The molecule has 1 amide bonds. The molecule has 3 aromatic carbocycles. The maximum atomic E-state index is 13.8. The predicted octanol–water partition coefficient (Wildman–Crippen LogP) is 4.70. The van der Waals surface area contributed by atoms with Crippen molar-refractivity contribution >= 4 is 21.6 Å². The summed E-state index contributed by atoms with van der Waals surface area (Å²) < 4.78 is 39.3. The van der Waals surface area contributed by atoms with Gasteiger partial charge in [-0.2, -0.15) is 0 Å². The van der Waals surface area contributed by atoms with Crippen LogP contribution in [0.15, 0.2) is 65.6 Å². The zero-order valence-corrected chi connectivity index (χ0v) is 21.8. The molecule has 0 aliphatic rings. The molecule has 1 N–H and O–H groups in total. The van der Waals surface area contributed by atoms with Gasteiger partial charge in [0.25, 0.3) is 10.0 Å². The van der Waals surface area contributed by atoms with E-state index >= 15 is 0 Å². The third-order valence-electron chi connectivity index (χ3n) is 5.68. The van der Waals surface area contributed by atoms with Crippen LogP contribution < -0.4 is 19.1 Å². The minimum atomic E-state index is -4.11. The average molecular weight is 497 g/mol. The van der Waals surface area contributed by atoms with E-state index in [4.69, 9.17) is 9.47 Å². The number of nitrogens with zero attached hydrogens (tertiary/aromatic N) is 1. The fourth-order valence-corrected chi connectivity index (χ4v) is 5.29. The lowest BCUT2D eigenvalue weighted by Gasteiger charge is -2.26. The number of anilines is 1. The Morgan fingerprint density at radius 2 is 1.46 bits per heavy atom. The lowest BCUT2D eigenvalue weighted by atomic mass is 10.1. The molecule has 3 rings (SSSR count). The first kappa shape index (κ1) is 26.1. The van der Waals surface area contributed by atoms with Gasteiger partial charge in [0.2, 0.25) is 5.91 Å². The molecule has 0 fully saturated rings. The van der Waals surface area contributed by atoms with Gasteiger partial charge in [-0.25, -0.2) is 8.42 Å². The van der Waals surface area contributed by atoms with E-state index in [-0.39, 0.29) is 23.2 Å².